The van der Waals surface area contributed by atoms with Crippen molar-refractivity contribution >= 4 is 6.29 Å². The van der Waals surface area contributed by atoms with E-state index in [-0.39, 0.29) is 0 Å². The minimum atomic E-state index is 0.521. The van der Waals surface area contributed by atoms with Gasteiger partial charge in [0.15, 0.2) is 0 Å². The van der Waals surface area contributed by atoms with Crippen LogP contribution in [0.5, 0.6) is 0 Å². The first-order valence-electron chi connectivity index (χ1n) is 3.66. The molecule has 0 aromatic rings. The van der Waals surface area contributed by atoms with Crippen molar-refractivity contribution in [3.8, 4) is 0 Å². The summed E-state index contributed by atoms with van der Waals surface area (Å²) >= 11 is 0. The molecule has 0 aliphatic carbocycles. The van der Waals surface area contributed by atoms with Gasteiger partial charge in [-0.05, 0) is 19.9 Å². The van der Waals surface area contributed by atoms with Crippen LogP contribution in [0.25, 0.3) is 0 Å². The Bertz CT molecular complexity index is 180. The average Bonchev–Trinajstić information content (AvgIpc) is 2.01. The molecule has 2 nitrogen and oxygen atoms in total. The van der Waals surface area contributed by atoms with Gasteiger partial charge in [-0.2, -0.15) is 0 Å². The molecule has 0 radical (unpaired) electrons. The Kier molecular flexibility index (Phi) is 5.17. The molecule has 0 saturated carbocycles. The van der Waals surface area contributed by atoms with Gasteiger partial charge in [-0.1, -0.05) is 11.6 Å². The largest absolute Gasteiger partial charge is 0.392 e. The summed E-state index contributed by atoms with van der Waals surface area (Å²) in [5.41, 5.74) is 2.17. The molecule has 0 aliphatic rings. The van der Waals surface area contributed by atoms with Gasteiger partial charge in [-0.25, -0.2) is 0 Å². The summed E-state index contributed by atoms with van der Waals surface area (Å²) in [7, 11) is 1.87. The lowest BCUT2D eigenvalue weighted by Crippen LogP contribution is -2.00. The quantitative estimate of drug-likeness (QED) is 0.491. The van der Waals surface area contributed by atoms with E-state index in [1.807, 2.05) is 33.0 Å². The second-order valence-corrected chi connectivity index (χ2v) is 2.48. The molecule has 11 heavy (non-hydrogen) atoms. The summed E-state index contributed by atoms with van der Waals surface area (Å²) in [4.78, 5) is 10.1. The molecule has 0 aromatic heterocycles. The summed E-state index contributed by atoms with van der Waals surface area (Å²) in [5, 5.41) is 2.99. The Morgan fingerprint density at radius 2 is 2.00 bits per heavy atom. The summed E-state index contributed by atoms with van der Waals surface area (Å²) in [6.45, 7) is 3.92. The average molecular weight is 153 g/mol. The molecule has 2 heteroatoms. The van der Waals surface area contributed by atoms with Gasteiger partial charge in [0.05, 0.1) is 0 Å². The van der Waals surface area contributed by atoms with Crippen LogP contribution in [-0.4, -0.2) is 13.3 Å². The molecule has 0 heterocycles. The lowest BCUT2D eigenvalue weighted by Gasteiger charge is -1.95. The van der Waals surface area contributed by atoms with E-state index in [4.69, 9.17) is 0 Å². The lowest BCUT2D eigenvalue weighted by molar-refractivity contribution is -0.107. The van der Waals surface area contributed by atoms with Crippen molar-refractivity contribution in [3.63, 3.8) is 0 Å². The van der Waals surface area contributed by atoms with Gasteiger partial charge in [-0.15, -0.1) is 0 Å². The zero-order chi connectivity index (χ0) is 8.69. The first-order valence-corrected chi connectivity index (χ1v) is 3.66. The highest BCUT2D eigenvalue weighted by molar-refractivity contribution is 5.54. The van der Waals surface area contributed by atoms with E-state index >= 15 is 0 Å². The maximum absolute atomic E-state index is 10.1. The molecule has 0 spiro atoms. The number of allylic oxidation sites excluding steroid dienone is 4. The molecule has 0 aromatic carbocycles. The van der Waals surface area contributed by atoms with Gasteiger partial charge in [0.1, 0.15) is 6.29 Å². The minimum Gasteiger partial charge on any atom is -0.392 e. The molecule has 0 aliphatic heterocycles. The normalized spacial score (nSPS) is 13.0. The highest BCUT2D eigenvalue weighted by Crippen LogP contribution is 1.97. The van der Waals surface area contributed by atoms with Gasteiger partial charge in [0, 0.05) is 19.2 Å². The Balaban J connectivity index is 3.98. The summed E-state index contributed by atoms with van der Waals surface area (Å²) in [6, 6.07) is 0. The molecule has 1 N–H and O–H groups in total. The topological polar surface area (TPSA) is 29.1 Å². The van der Waals surface area contributed by atoms with Crippen LogP contribution in [0.4, 0.5) is 0 Å². The molecule has 0 unspecified atom stereocenters. The van der Waals surface area contributed by atoms with Crippen molar-refractivity contribution in [1.29, 1.82) is 0 Å². The predicted octanol–water partition coefficient (Wildman–Crippen LogP) is 1.64. The number of nitrogens with one attached hydrogen (secondary N) is 1. The van der Waals surface area contributed by atoms with E-state index in [1.54, 1.807) is 0 Å². The number of hydrogen-bond donors (Lipinski definition) is 1. The third kappa shape index (κ3) is 5.40. The minimum absolute atomic E-state index is 0.521. The third-order valence-electron chi connectivity index (χ3n) is 1.42. The van der Waals surface area contributed by atoms with Crippen molar-refractivity contribution in [2.45, 2.75) is 20.3 Å². The van der Waals surface area contributed by atoms with Crippen molar-refractivity contribution in [2.24, 2.45) is 0 Å². The number of carbonyl (C=O) groups is 1. The molecule has 0 fully saturated rings. The van der Waals surface area contributed by atoms with Crippen LogP contribution in [0.2, 0.25) is 0 Å². The first kappa shape index (κ1) is 9.95. The summed E-state index contributed by atoms with van der Waals surface area (Å²) in [6.07, 6.45) is 5.33. The predicted molar refractivity (Wildman–Crippen MR) is 47.3 cm³/mol. The molecule has 0 rings (SSSR count). The SMILES string of the molecule is CN/C(C)=C\C=C(/C)CC=O. The Labute approximate surface area is 68.0 Å². The first-order chi connectivity index (χ1) is 5.20. The van der Waals surface area contributed by atoms with Gasteiger partial charge in [0.2, 0.25) is 0 Å². The highest BCUT2D eigenvalue weighted by Gasteiger charge is 1.84. The van der Waals surface area contributed by atoms with Crippen molar-refractivity contribution in [3.05, 3.63) is 23.4 Å². The summed E-state index contributed by atoms with van der Waals surface area (Å²) in [5.74, 6) is 0. The maximum atomic E-state index is 10.1. The van der Waals surface area contributed by atoms with Crippen LogP contribution in [0, 0.1) is 0 Å². The number of hydrogen-bond acceptors (Lipinski definition) is 2. The number of rotatable bonds is 4. The zero-order valence-electron chi connectivity index (χ0n) is 7.35. The van der Waals surface area contributed by atoms with E-state index < -0.39 is 0 Å². The number of aldehydes is 1. The monoisotopic (exact) mass is 153 g/mol. The van der Waals surface area contributed by atoms with Crippen molar-refractivity contribution < 1.29 is 4.79 Å². The fourth-order valence-electron chi connectivity index (χ4n) is 0.550. The van der Waals surface area contributed by atoms with Crippen LogP contribution >= 0.6 is 0 Å². The summed E-state index contributed by atoms with van der Waals surface area (Å²) < 4.78 is 0. The van der Waals surface area contributed by atoms with Gasteiger partial charge in [0.25, 0.3) is 0 Å². The van der Waals surface area contributed by atoms with E-state index in [1.165, 1.54) is 0 Å². The van der Waals surface area contributed by atoms with Crippen molar-refractivity contribution in [1.82, 2.24) is 5.32 Å². The van der Waals surface area contributed by atoms with Gasteiger partial charge >= 0.3 is 0 Å². The van der Waals surface area contributed by atoms with Crippen LogP contribution in [0.1, 0.15) is 20.3 Å². The zero-order valence-corrected chi connectivity index (χ0v) is 7.35. The van der Waals surface area contributed by atoms with Crippen LogP contribution in [0.15, 0.2) is 23.4 Å². The second kappa shape index (κ2) is 5.71. The van der Waals surface area contributed by atoms with E-state index in [9.17, 15) is 4.79 Å². The van der Waals surface area contributed by atoms with E-state index in [2.05, 4.69) is 5.32 Å². The van der Waals surface area contributed by atoms with Crippen LogP contribution in [-0.2, 0) is 4.79 Å². The lowest BCUT2D eigenvalue weighted by atomic mass is 10.2. The maximum Gasteiger partial charge on any atom is 0.124 e. The molecule has 0 atom stereocenters. The van der Waals surface area contributed by atoms with E-state index in [0.29, 0.717) is 6.42 Å². The Hall–Kier alpha value is -1.05. The van der Waals surface area contributed by atoms with Crippen LogP contribution in [0.3, 0.4) is 0 Å². The smallest absolute Gasteiger partial charge is 0.124 e. The molecule has 0 saturated heterocycles. The standard InChI is InChI=1S/C9H15NO/c1-8(6-7-11)4-5-9(2)10-3/h4-5,7,10H,6H2,1-3H3/b8-4+,9-5-. The third-order valence-corrected chi connectivity index (χ3v) is 1.42. The molecular weight excluding hydrogens is 138 g/mol. The Morgan fingerprint density at radius 1 is 1.36 bits per heavy atom. The molecule has 0 amide bonds. The molecular formula is C9H15NO. The Morgan fingerprint density at radius 3 is 2.45 bits per heavy atom. The second-order valence-electron chi connectivity index (χ2n) is 2.48. The van der Waals surface area contributed by atoms with E-state index in [0.717, 1.165) is 17.6 Å². The molecule has 62 valence electrons. The fraction of sp³-hybridized carbons (Fsp3) is 0.444. The van der Waals surface area contributed by atoms with Gasteiger partial charge < -0.3 is 10.1 Å². The fourth-order valence-corrected chi connectivity index (χ4v) is 0.550. The van der Waals surface area contributed by atoms with Crippen molar-refractivity contribution in [2.75, 3.05) is 7.05 Å². The molecule has 0 bridgehead atoms. The highest BCUT2D eigenvalue weighted by atomic mass is 16.1. The van der Waals surface area contributed by atoms with Crippen LogP contribution < -0.4 is 5.32 Å². The number of carbonyl (C=O) groups excluding carboxylic acids is 1. The van der Waals surface area contributed by atoms with Gasteiger partial charge in [-0.3, -0.25) is 0 Å².